The fourth-order valence-electron chi connectivity index (χ4n) is 3.85. The average molecular weight is 435 g/mol. The van der Waals surface area contributed by atoms with E-state index in [1.54, 1.807) is 36.8 Å². The zero-order chi connectivity index (χ0) is 22.7. The Morgan fingerprint density at radius 2 is 1.81 bits per heavy atom. The summed E-state index contributed by atoms with van der Waals surface area (Å²) in [6.45, 7) is 0.891. The summed E-state index contributed by atoms with van der Waals surface area (Å²) < 4.78 is 20.6. The summed E-state index contributed by atoms with van der Waals surface area (Å²) in [5.74, 6) is -1.58. The fraction of sp³-hybridized carbons (Fsp3) is 0.208. The maximum absolute atomic E-state index is 13.5. The van der Waals surface area contributed by atoms with E-state index in [9.17, 15) is 19.1 Å². The molecule has 1 aromatic heterocycles. The minimum atomic E-state index is -0.819. The first-order valence-corrected chi connectivity index (χ1v) is 10.1. The van der Waals surface area contributed by atoms with E-state index in [2.05, 4.69) is 4.98 Å². The molecule has 0 spiro atoms. The molecular weight excluding hydrogens is 413 g/mol. The molecule has 0 aliphatic carbocycles. The van der Waals surface area contributed by atoms with Gasteiger partial charge in [-0.15, -0.1) is 0 Å². The number of aromatic nitrogens is 2. The number of Topliss-reactive ketones (excluding diaryl/α,β-unsaturated/α-hetero) is 1. The molecule has 4 rings (SSSR count). The highest BCUT2D eigenvalue weighted by molar-refractivity contribution is 6.46. The Hall–Kier alpha value is -3.94. The number of nitrogens with zero attached hydrogens (tertiary/aromatic N) is 3. The molecule has 2 heterocycles. The van der Waals surface area contributed by atoms with Crippen LogP contribution < -0.4 is 4.74 Å². The van der Waals surface area contributed by atoms with Gasteiger partial charge in [-0.1, -0.05) is 12.1 Å². The number of rotatable bonds is 7. The average Bonchev–Trinajstić information content (AvgIpc) is 3.41. The van der Waals surface area contributed by atoms with E-state index < -0.39 is 23.5 Å². The molecule has 8 heteroatoms. The maximum Gasteiger partial charge on any atom is 0.295 e. The van der Waals surface area contributed by atoms with E-state index in [1.165, 1.54) is 36.3 Å². The van der Waals surface area contributed by atoms with Crippen LogP contribution in [-0.2, 0) is 16.1 Å². The second-order valence-electron chi connectivity index (χ2n) is 7.43. The van der Waals surface area contributed by atoms with Crippen LogP contribution in [0.5, 0.6) is 5.75 Å². The van der Waals surface area contributed by atoms with Crippen LogP contribution in [-0.4, -0.2) is 44.9 Å². The van der Waals surface area contributed by atoms with Crippen molar-refractivity contribution in [1.29, 1.82) is 0 Å². The molecule has 3 aromatic rings. The van der Waals surface area contributed by atoms with Crippen molar-refractivity contribution in [2.45, 2.75) is 19.0 Å². The van der Waals surface area contributed by atoms with Crippen LogP contribution in [0, 0.1) is 5.82 Å². The smallest absolute Gasteiger partial charge is 0.295 e. The highest BCUT2D eigenvalue weighted by Gasteiger charge is 2.45. The van der Waals surface area contributed by atoms with Crippen LogP contribution in [0.15, 0.2) is 72.8 Å². The van der Waals surface area contributed by atoms with Gasteiger partial charge < -0.3 is 19.3 Å². The van der Waals surface area contributed by atoms with Crippen molar-refractivity contribution in [2.24, 2.45) is 0 Å². The van der Waals surface area contributed by atoms with Gasteiger partial charge in [-0.2, -0.15) is 0 Å². The Balaban J connectivity index is 1.71. The van der Waals surface area contributed by atoms with Crippen LogP contribution >= 0.6 is 0 Å². The van der Waals surface area contributed by atoms with Crippen LogP contribution in [0.25, 0.3) is 5.76 Å². The van der Waals surface area contributed by atoms with Gasteiger partial charge in [0.2, 0.25) is 0 Å². The van der Waals surface area contributed by atoms with Gasteiger partial charge in [0.05, 0.1) is 25.1 Å². The maximum atomic E-state index is 13.5. The van der Waals surface area contributed by atoms with Gasteiger partial charge in [0, 0.05) is 31.0 Å². The highest BCUT2D eigenvalue weighted by Crippen LogP contribution is 2.39. The lowest BCUT2D eigenvalue weighted by atomic mass is 9.95. The first-order valence-electron chi connectivity index (χ1n) is 10.1. The summed E-state index contributed by atoms with van der Waals surface area (Å²) in [5, 5.41) is 11.0. The lowest BCUT2D eigenvalue weighted by Crippen LogP contribution is -2.31. The number of aryl methyl sites for hydroxylation is 1. The molecule has 7 nitrogen and oxygen atoms in total. The first kappa shape index (κ1) is 21.3. The summed E-state index contributed by atoms with van der Waals surface area (Å²) in [5.41, 5.74) is 0.909. The molecule has 1 saturated heterocycles. The normalized spacial score (nSPS) is 17.7. The monoisotopic (exact) mass is 435 g/mol. The molecule has 0 radical (unpaired) electrons. The summed E-state index contributed by atoms with van der Waals surface area (Å²) in [6.07, 6.45) is 5.73. The summed E-state index contributed by atoms with van der Waals surface area (Å²) in [7, 11) is 1.53. The van der Waals surface area contributed by atoms with Crippen molar-refractivity contribution in [3.63, 3.8) is 0 Å². The molecule has 164 valence electrons. The fourth-order valence-corrected chi connectivity index (χ4v) is 3.85. The third-order valence-electron chi connectivity index (χ3n) is 5.46. The number of amides is 1. The number of aliphatic hydroxyl groups is 1. The zero-order valence-electron chi connectivity index (χ0n) is 17.4. The lowest BCUT2D eigenvalue weighted by Gasteiger charge is -2.25. The number of likely N-dealkylation sites (tertiary alicyclic amines) is 1. The number of benzene rings is 2. The van der Waals surface area contributed by atoms with E-state index in [4.69, 9.17) is 4.74 Å². The van der Waals surface area contributed by atoms with E-state index in [0.29, 0.717) is 29.8 Å². The van der Waals surface area contributed by atoms with Crippen molar-refractivity contribution in [3.8, 4) is 5.75 Å². The molecule has 1 aliphatic heterocycles. The SMILES string of the molecule is COc1ccc(/C(O)=C2\C(=O)C(=O)N(CCCn3ccnc3)[C@H]2c2ccc(F)cc2)cc1. The number of ketones is 1. The molecule has 0 unspecified atom stereocenters. The lowest BCUT2D eigenvalue weighted by molar-refractivity contribution is -0.139. The quantitative estimate of drug-likeness (QED) is 0.349. The first-order chi connectivity index (χ1) is 15.5. The third kappa shape index (κ3) is 4.12. The van der Waals surface area contributed by atoms with E-state index >= 15 is 0 Å². The number of hydrogen-bond donors (Lipinski definition) is 1. The molecule has 32 heavy (non-hydrogen) atoms. The van der Waals surface area contributed by atoms with Crippen molar-refractivity contribution in [2.75, 3.05) is 13.7 Å². The molecular formula is C24H22FN3O4. The Morgan fingerprint density at radius 3 is 2.44 bits per heavy atom. The minimum absolute atomic E-state index is 0.0191. The number of imidazole rings is 1. The predicted octanol–water partition coefficient (Wildman–Crippen LogP) is 3.54. The largest absolute Gasteiger partial charge is 0.507 e. The van der Waals surface area contributed by atoms with Gasteiger partial charge in [-0.25, -0.2) is 9.37 Å². The number of methoxy groups -OCH3 is 1. The number of aliphatic hydroxyl groups excluding tert-OH is 1. The van der Waals surface area contributed by atoms with Crippen molar-refractivity contribution in [1.82, 2.24) is 14.5 Å². The van der Waals surface area contributed by atoms with E-state index in [-0.39, 0.29) is 17.9 Å². The molecule has 1 atom stereocenters. The van der Waals surface area contributed by atoms with Gasteiger partial charge in [0.1, 0.15) is 17.3 Å². The molecule has 1 amide bonds. The van der Waals surface area contributed by atoms with Crippen LogP contribution in [0.2, 0.25) is 0 Å². The van der Waals surface area contributed by atoms with Crippen molar-refractivity contribution >= 4 is 17.4 Å². The van der Waals surface area contributed by atoms with Crippen LogP contribution in [0.3, 0.4) is 0 Å². The van der Waals surface area contributed by atoms with Gasteiger partial charge >= 0.3 is 0 Å². The Morgan fingerprint density at radius 1 is 1.09 bits per heavy atom. The predicted molar refractivity (Wildman–Crippen MR) is 115 cm³/mol. The molecule has 1 N–H and O–H groups in total. The molecule has 1 aliphatic rings. The molecule has 0 saturated carbocycles. The van der Waals surface area contributed by atoms with Gasteiger partial charge in [0.25, 0.3) is 11.7 Å². The second-order valence-corrected chi connectivity index (χ2v) is 7.43. The van der Waals surface area contributed by atoms with E-state index in [1.807, 2.05) is 10.8 Å². The number of carbonyl (C=O) groups is 2. The van der Waals surface area contributed by atoms with Gasteiger partial charge in [-0.3, -0.25) is 9.59 Å². The van der Waals surface area contributed by atoms with Gasteiger partial charge in [0.15, 0.2) is 0 Å². The van der Waals surface area contributed by atoms with Crippen molar-refractivity contribution in [3.05, 3.63) is 89.8 Å². The Kier molecular flexibility index (Phi) is 6.02. The number of ether oxygens (including phenoxy) is 1. The Bertz CT molecular complexity index is 1140. The minimum Gasteiger partial charge on any atom is -0.507 e. The topological polar surface area (TPSA) is 84.7 Å². The third-order valence-corrected chi connectivity index (χ3v) is 5.46. The van der Waals surface area contributed by atoms with Crippen LogP contribution in [0.1, 0.15) is 23.6 Å². The van der Waals surface area contributed by atoms with Crippen LogP contribution in [0.4, 0.5) is 4.39 Å². The summed E-state index contributed by atoms with van der Waals surface area (Å²) in [6, 6.07) is 11.3. The molecule has 2 aromatic carbocycles. The highest BCUT2D eigenvalue weighted by atomic mass is 19.1. The summed E-state index contributed by atoms with van der Waals surface area (Å²) >= 11 is 0. The standard InChI is InChI=1S/C24H22FN3O4/c1-32-19-9-5-17(6-10-19)22(29)20-21(16-3-7-18(25)8-4-16)28(24(31)23(20)30)13-2-12-27-14-11-26-15-27/h3-11,14-15,21,29H,2,12-13H2,1H3/b22-20+/t21-/m0/s1. The molecule has 0 bridgehead atoms. The van der Waals surface area contributed by atoms with Gasteiger partial charge in [-0.05, 0) is 48.4 Å². The number of halogens is 1. The molecule has 1 fully saturated rings. The number of hydrogen-bond acceptors (Lipinski definition) is 5. The Labute approximate surface area is 184 Å². The summed E-state index contributed by atoms with van der Waals surface area (Å²) in [4.78, 5) is 31.3. The number of carbonyl (C=O) groups excluding carboxylic acids is 2. The van der Waals surface area contributed by atoms with E-state index in [0.717, 1.165) is 0 Å². The second kappa shape index (κ2) is 9.05. The zero-order valence-corrected chi connectivity index (χ0v) is 17.4. The van der Waals surface area contributed by atoms with Crippen molar-refractivity contribution < 1.29 is 23.8 Å².